The first-order valence-electron chi connectivity index (χ1n) is 4.06. The molecule has 0 unspecified atom stereocenters. The molecule has 1 aliphatic rings. The minimum atomic E-state index is 0.920. The van der Waals surface area contributed by atoms with Gasteiger partial charge in [-0.1, -0.05) is 24.3 Å². The lowest BCUT2D eigenvalue weighted by Gasteiger charge is -1.99. The van der Waals surface area contributed by atoms with Gasteiger partial charge < -0.3 is 4.18 Å². The lowest BCUT2D eigenvalue weighted by atomic mass is 10.1. The lowest BCUT2D eigenvalue weighted by Crippen LogP contribution is -1.77. The van der Waals surface area contributed by atoms with Gasteiger partial charge in [0.05, 0.1) is 5.69 Å². The molecule has 64 valence electrons. The summed E-state index contributed by atoms with van der Waals surface area (Å²) in [5, 5.41) is 2.45. The number of hydrogen-bond acceptors (Lipinski definition) is 3. The van der Waals surface area contributed by atoms with Crippen LogP contribution < -0.4 is 8.91 Å². The van der Waals surface area contributed by atoms with Crippen LogP contribution in [0.2, 0.25) is 0 Å². The van der Waals surface area contributed by atoms with Crippen molar-refractivity contribution in [3.05, 3.63) is 36.4 Å². The molecule has 0 aromatic heterocycles. The van der Waals surface area contributed by atoms with E-state index in [1.807, 2.05) is 12.1 Å². The molecule has 2 aromatic carbocycles. The molecule has 0 spiro atoms. The Morgan fingerprint density at radius 3 is 2.69 bits per heavy atom. The smallest absolute Gasteiger partial charge is 0.176 e. The van der Waals surface area contributed by atoms with Gasteiger partial charge in [-0.15, -0.1) is 0 Å². The van der Waals surface area contributed by atoms with Gasteiger partial charge in [0.1, 0.15) is 0 Å². The van der Waals surface area contributed by atoms with Gasteiger partial charge in [0.15, 0.2) is 18.0 Å². The van der Waals surface area contributed by atoms with Crippen molar-refractivity contribution < 1.29 is 4.18 Å². The van der Waals surface area contributed by atoms with Gasteiger partial charge >= 0.3 is 0 Å². The Morgan fingerprint density at radius 2 is 1.85 bits per heavy atom. The maximum atomic E-state index is 5.31. The normalized spacial score (nSPS) is 13.5. The molecule has 0 amide bonds. The molecule has 0 saturated heterocycles. The third-order valence-electron chi connectivity index (χ3n) is 2.13. The summed E-state index contributed by atoms with van der Waals surface area (Å²) in [5.41, 5.74) is 1.06. The van der Waals surface area contributed by atoms with Crippen LogP contribution in [0.5, 0.6) is 5.75 Å². The fourth-order valence-electron chi connectivity index (χ4n) is 1.48. The molecular weight excluding hydrogens is 182 g/mol. The first-order chi connectivity index (χ1) is 6.43. The van der Waals surface area contributed by atoms with Crippen molar-refractivity contribution in [1.82, 2.24) is 0 Å². The molecule has 0 fully saturated rings. The third kappa shape index (κ3) is 1.04. The zero-order chi connectivity index (χ0) is 8.67. The molecule has 1 heterocycles. The lowest BCUT2D eigenvalue weighted by molar-refractivity contribution is 0.667. The van der Waals surface area contributed by atoms with Crippen LogP contribution in [0.4, 0.5) is 5.69 Å². The van der Waals surface area contributed by atoms with E-state index >= 15 is 0 Å². The van der Waals surface area contributed by atoms with Crippen LogP contribution in [-0.4, -0.2) is 0 Å². The highest BCUT2D eigenvalue weighted by molar-refractivity contribution is 7.96. The van der Waals surface area contributed by atoms with Crippen LogP contribution >= 0.6 is 12.2 Å². The minimum Gasteiger partial charge on any atom is -0.403 e. The van der Waals surface area contributed by atoms with Crippen LogP contribution in [0.25, 0.3) is 10.8 Å². The van der Waals surface area contributed by atoms with Crippen molar-refractivity contribution in [2.45, 2.75) is 0 Å². The Balaban J connectivity index is 2.36. The van der Waals surface area contributed by atoms with Crippen molar-refractivity contribution in [1.29, 1.82) is 0 Å². The molecule has 3 rings (SSSR count). The average molecular weight is 189 g/mol. The molecule has 0 aliphatic carbocycles. The molecular formula is C10H7NOS. The van der Waals surface area contributed by atoms with E-state index < -0.39 is 0 Å². The van der Waals surface area contributed by atoms with E-state index in [0.29, 0.717) is 0 Å². The monoisotopic (exact) mass is 189 g/mol. The predicted molar refractivity (Wildman–Crippen MR) is 55.8 cm³/mol. The van der Waals surface area contributed by atoms with E-state index in [-0.39, 0.29) is 0 Å². The Morgan fingerprint density at radius 1 is 1.08 bits per heavy atom. The minimum absolute atomic E-state index is 0.920. The van der Waals surface area contributed by atoms with Crippen LogP contribution in [0.15, 0.2) is 36.4 Å². The number of rotatable bonds is 0. The maximum absolute atomic E-state index is 5.31. The van der Waals surface area contributed by atoms with Gasteiger partial charge in [0.2, 0.25) is 0 Å². The van der Waals surface area contributed by atoms with E-state index in [9.17, 15) is 0 Å². The largest absolute Gasteiger partial charge is 0.403 e. The number of anilines is 1. The van der Waals surface area contributed by atoms with Crippen molar-refractivity contribution >= 4 is 28.7 Å². The van der Waals surface area contributed by atoms with Crippen LogP contribution in [0.1, 0.15) is 0 Å². The molecule has 0 radical (unpaired) electrons. The molecule has 1 aliphatic heterocycles. The first kappa shape index (κ1) is 7.09. The van der Waals surface area contributed by atoms with E-state index in [2.05, 4.69) is 29.0 Å². The van der Waals surface area contributed by atoms with E-state index in [0.717, 1.165) is 11.4 Å². The highest BCUT2D eigenvalue weighted by atomic mass is 32.2. The Labute approximate surface area is 80.2 Å². The SMILES string of the molecule is c1ccc2cc3c(cc2c1)NSO3. The maximum Gasteiger partial charge on any atom is 0.176 e. The number of hydrogen-bond donors (Lipinski definition) is 1. The second-order valence-electron chi connectivity index (χ2n) is 2.96. The summed E-state index contributed by atoms with van der Waals surface area (Å²) in [4.78, 5) is 0. The predicted octanol–water partition coefficient (Wildman–Crippen LogP) is 3.21. The highest BCUT2D eigenvalue weighted by Crippen LogP contribution is 2.38. The van der Waals surface area contributed by atoms with Gasteiger partial charge in [0.25, 0.3) is 0 Å². The Hall–Kier alpha value is -1.35. The zero-order valence-corrected chi connectivity index (χ0v) is 7.60. The second-order valence-corrected chi connectivity index (χ2v) is 3.50. The third-order valence-corrected chi connectivity index (χ3v) is 2.70. The summed E-state index contributed by atoms with van der Waals surface area (Å²) in [6.07, 6.45) is 0. The van der Waals surface area contributed by atoms with Gasteiger partial charge in [-0.2, -0.15) is 0 Å². The van der Waals surface area contributed by atoms with E-state index in [4.69, 9.17) is 4.18 Å². The van der Waals surface area contributed by atoms with Crippen molar-refractivity contribution in [2.24, 2.45) is 0 Å². The van der Waals surface area contributed by atoms with Gasteiger partial charge in [-0.3, -0.25) is 4.72 Å². The summed E-state index contributed by atoms with van der Waals surface area (Å²) < 4.78 is 8.40. The molecule has 0 bridgehead atoms. The molecule has 13 heavy (non-hydrogen) atoms. The molecule has 0 atom stereocenters. The average Bonchev–Trinajstić information content (AvgIpc) is 2.61. The fourth-order valence-corrected chi connectivity index (χ4v) is 2.00. The van der Waals surface area contributed by atoms with Crippen LogP contribution in [0.3, 0.4) is 0 Å². The van der Waals surface area contributed by atoms with Crippen LogP contribution in [0, 0.1) is 0 Å². The summed E-state index contributed by atoms with van der Waals surface area (Å²) in [6, 6.07) is 12.4. The van der Waals surface area contributed by atoms with Gasteiger partial charge in [0, 0.05) is 0 Å². The van der Waals surface area contributed by atoms with Gasteiger partial charge in [-0.25, -0.2) is 0 Å². The molecule has 3 heteroatoms. The number of nitrogens with one attached hydrogen (secondary N) is 1. The van der Waals surface area contributed by atoms with E-state index in [1.165, 1.54) is 23.0 Å². The summed E-state index contributed by atoms with van der Waals surface area (Å²) in [7, 11) is 0. The summed E-state index contributed by atoms with van der Waals surface area (Å²) >= 11 is 1.26. The first-order valence-corrected chi connectivity index (χ1v) is 4.80. The topological polar surface area (TPSA) is 21.3 Å². The van der Waals surface area contributed by atoms with E-state index in [1.54, 1.807) is 0 Å². The molecule has 2 aromatic rings. The van der Waals surface area contributed by atoms with Crippen molar-refractivity contribution in [3.63, 3.8) is 0 Å². The Bertz CT molecular complexity index is 427. The van der Waals surface area contributed by atoms with Crippen molar-refractivity contribution in [2.75, 3.05) is 4.72 Å². The summed E-state index contributed by atoms with van der Waals surface area (Å²) in [5.74, 6) is 0.920. The highest BCUT2D eigenvalue weighted by Gasteiger charge is 2.12. The zero-order valence-electron chi connectivity index (χ0n) is 6.78. The molecule has 0 saturated carbocycles. The summed E-state index contributed by atoms with van der Waals surface area (Å²) in [6.45, 7) is 0. The van der Waals surface area contributed by atoms with Crippen LogP contribution in [-0.2, 0) is 0 Å². The second kappa shape index (κ2) is 2.57. The number of fused-ring (bicyclic) bond motifs is 2. The quantitative estimate of drug-likeness (QED) is 0.508. The number of benzene rings is 2. The molecule has 2 nitrogen and oxygen atoms in total. The molecule has 1 N–H and O–H groups in total. The van der Waals surface area contributed by atoms with Crippen molar-refractivity contribution in [3.8, 4) is 5.75 Å². The fraction of sp³-hybridized carbons (Fsp3) is 0. The Kier molecular flexibility index (Phi) is 1.40. The van der Waals surface area contributed by atoms with Gasteiger partial charge in [-0.05, 0) is 22.9 Å². The standard InChI is InChI=1S/C10H7NOS/c1-2-4-8-6-10-9(11-13-12-10)5-7(8)3-1/h1-6,11H.